The lowest BCUT2D eigenvalue weighted by Crippen LogP contribution is -2.29. The Morgan fingerprint density at radius 3 is 3.06 bits per heavy atom. The molecule has 0 radical (unpaired) electrons. The minimum absolute atomic E-state index is 0.338. The zero-order valence-corrected chi connectivity index (χ0v) is 9.55. The summed E-state index contributed by atoms with van der Waals surface area (Å²) in [6.07, 6.45) is 3.74. The van der Waals surface area contributed by atoms with Crippen LogP contribution in [0.15, 0.2) is 29.0 Å². The summed E-state index contributed by atoms with van der Waals surface area (Å²) < 4.78 is 7.02. The second kappa shape index (κ2) is 4.94. The maximum atomic E-state index is 5.11. The first kappa shape index (κ1) is 10.9. The Kier molecular flexibility index (Phi) is 3.36. The van der Waals surface area contributed by atoms with E-state index in [0.29, 0.717) is 12.6 Å². The third-order valence-electron chi connectivity index (χ3n) is 2.32. The van der Waals surface area contributed by atoms with E-state index in [1.54, 1.807) is 6.20 Å². The van der Waals surface area contributed by atoms with Gasteiger partial charge < -0.3 is 9.84 Å². The highest BCUT2D eigenvalue weighted by molar-refractivity contribution is 5.02. The molecular weight excluding hydrogens is 204 g/mol. The molecule has 0 bridgehead atoms. The third-order valence-corrected chi connectivity index (χ3v) is 2.32. The molecule has 0 aliphatic carbocycles. The first-order valence-corrected chi connectivity index (χ1v) is 5.37. The van der Waals surface area contributed by atoms with Crippen molar-refractivity contribution in [2.75, 3.05) is 0 Å². The van der Waals surface area contributed by atoms with Crippen LogP contribution in [0.2, 0.25) is 0 Å². The lowest BCUT2D eigenvalue weighted by atomic mass is 10.3. The molecule has 0 aliphatic heterocycles. The lowest BCUT2D eigenvalue weighted by Gasteiger charge is -2.12. The SMILES string of the molecule is Cc1cc(CNC(C)Cn2cccn2)on1. The molecule has 0 saturated heterocycles. The molecule has 2 aromatic rings. The second-order valence-corrected chi connectivity index (χ2v) is 3.94. The van der Waals surface area contributed by atoms with E-state index in [9.17, 15) is 0 Å². The van der Waals surface area contributed by atoms with Gasteiger partial charge in [-0.2, -0.15) is 5.10 Å². The molecule has 16 heavy (non-hydrogen) atoms. The minimum Gasteiger partial charge on any atom is -0.360 e. The predicted molar refractivity (Wildman–Crippen MR) is 59.8 cm³/mol. The molecule has 2 heterocycles. The number of hydrogen-bond acceptors (Lipinski definition) is 4. The van der Waals surface area contributed by atoms with E-state index in [0.717, 1.165) is 18.0 Å². The Bertz CT molecular complexity index is 421. The maximum absolute atomic E-state index is 5.11. The number of rotatable bonds is 5. The van der Waals surface area contributed by atoms with Crippen molar-refractivity contribution in [1.82, 2.24) is 20.3 Å². The number of hydrogen-bond donors (Lipinski definition) is 1. The van der Waals surface area contributed by atoms with Crippen molar-refractivity contribution in [3.8, 4) is 0 Å². The van der Waals surface area contributed by atoms with Gasteiger partial charge in [-0.15, -0.1) is 0 Å². The van der Waals surface area contributed by atoms with Crippen LogP contribution in [-0.2, 0) is 13.1 Å². The highest BCUT2D eigenvalue weighted by Gasteiger charge is 2.05. The molecule has 0 spiro atoms. The Morgan fingerprint density at radius 1 is 1.56 bits per heavy atom. The summed E-state index contributed by atoms with van der Waals surface area (Å²) >= 11 is 0. The number of nitrogens with zero attached hydrogens (tertiary/aromatic N) is 3. The van der Waals surface area contributed by atoms with Crippen molar-refractivity contribution in [1.29, 1.82) is 0 Å². The van der Waals surface area contributed by atoms with Gasteiger partial charge in [-0.1, -0.05) is 5.16 Å². The zero-order chi connectivity index (χ0) is 11.4. The Balaban J connectivity index is 1.77. The zero-order valence-electron chi connectivity index (χ0n) is 9.55. The maximum Gasteiger partial charge on any atom is 0.150 e. The average molecular weight is 220 g/mol. The van der Waals surface area contributed by atoms with E-state index in [-0.39, 0.29) is 0 Å². The van der Waals surface area contributed by atoms with Gasteiger partial charge in [-0.05, 0) is 19.9 Å². The van der Waals surface area contributed by atoms with Crippen LogP contribution in [0.5, 0.6) is 0 Å². The predicted octanol–water partition coefficient (Wildman–Crippen LogP) is 1.36. The van der Waals surface area contributed by atoms with Crippen molar-refractivity contribution < 1.29 is 4.52 Å². The van der Waals surface area contributed by atoms with Crippen LogP contribution >= 0.6 is 0 Å². The van der Waals surface area contributed by atoms with Crippen molar-refractivity contribution in [2.24, 2.45) is 0 Å². The van der Waals surface area contributed by atoms with Crippen LogP contribution < -0.4 is 5.32 Å². The topological polar surface area (TPSA) is 55.9 Å². The second-order valence-electron chi connectivity index (χ2n) is 3.94. The fourth-order valence-corrected chi connectivity index (χ4v) is 1.53. The summed E-state index contributed by atoms with van der Waals surface area (Å²) in [6.45, 7) is 5.58. The minimum atomic E-state index is 0.338. The standard InChI is InChI=1S/C11H16N4O/c1-9-6-11(16-14-9)7-12-10(2)8-15-5-3-4-13-15/h3-6,10,12H,7-8H2,1-2H3. The molecule has 86 valence electrons. The van der Waals surface area contributed by atoms with Crippen molar-refractivity contribution in [2.45, 2.75) is 33.0 Å². The normalized spacial score (nSPS) is 12.9. The van der Waals surface area contributed by atoms with Crippen molar-refractivity contribution in [3.63, 3.8) is 0 Å². The van der Waals surface area contributed by atoms with E-state index in [1.165, 1.54) is 0 Å². The van der Waals surface area contributed by atoms with Crippen LogP contribution in [-0.4, -0.2) is 21.0 Å². The molecule has 2 rings (SSSR count). The summed E-state index contributed by atoms with van der Waals surface area (Å²) in [5.74, 6) is 0.866. The van der Waals surface area contributed by atoms with Crippen molar-refractivity contribution >= 4 is 0 Å². The molecule has 0 aliphatic rings. The summed E-state index contributed by atoms with van der Waals surface area (Å²) in [5, 5.41) is 11.3. The molecule has 1 unspecified atom stereocenters. The van der Waals surface area contributed by atoms with Gasteiger partial charge in [0.25, 0.3) is 0 Å². The van der Waals surface area contributed by atoms with Gasteiger partial charge >= 0.3 is 0 Å². The van der Waals surface area contributed by atoms with Gasteiger partial charge in [-0.3, -0.25) is 4.68 Å². The molecule has 0 fully saturated rings. The fraction of sp³-hybridized carbons (Fsp3) is 0.455. The molecule has 1 atom stereocenters. The fourth-order valence-electron chi connectivity index (χ4n) is 1.53. The van der Waals surface area contributed by atoms with Gasteiger partial charge in [0.15, 0.2) is 5.76 Å². The molecule has 0 aromatic carbocycles. The summed E-state index contributed by atoms with van der Waals surface area (Å²) in [7, 11) is 0. The van der Waals surface area contributed by atoms with Crippen LogP contribution in [0.25, 0.3) is 0 Å². The van der Waals surface area contributed by atoms with Gasteiger partial charge in [-0.25, -0.2) is 0 Å². The van der Waals surface area contributed by atoms with Gasteiger partial charge in [0.1, 0.15) is 0 Å². The van der Waals surface area contributed by atoms with E-state index in [2.05, 4.69) is 22.5 Å². The molecular formula is C11H16N4O. The molecule has 0 saturated carbocycles. The highest BCUT2D eigenvalue weighted by atomic mass is 16.5. The van der Waals surface area contributed by atoms with E-state index >= 15 is 0 Å². The van der Waals surface area contributed by atoms with Gasteiger partial charge in [0.2, 0.25) is 0 Å². The van der Waals surface area contributed by atoms with E-state index in [4.69, 9.17) is 4.52 Å². The van der Waals surface area contributed by atoms with E-state index in [1.807, 2.05) is 29.9 Å². The monoisotopic (exact) mass is 220 g/mol. The first-order chi connectivity index (χ1) is 7.74. The largest absolute Gasteiger partial charge is 0.360 e. The third kappa shape index (κ3) is 2.93. The Hall–Kier alpha value is -1.62. The molecule has 5 heteroatoms. The van der Waals surface area contributed by atoms with Crippen LogP contribution in [0.4, 0.5) is 0 Å². The lowest BCUT2D eigenvalue weighted by molar-refractivity contribution is 0.353. The molecule has 5 nitrogen and oxygen atoms in total. The summed E-state index contributed by atoms with van der Waals surface area (Å²) in [5.41, 5.74) is 0.913. The molecule has 0 amide bonds. The van der Waals surface area contributed by atoms with Crippen LogP contribution in [0.1, 0.15) is 18.4 Å². The number of aromatic nitrogens is 3. The van der Waals surface area contributed by atoms with Gasteiger partial charge in [0.05, 0.1) is 18.8 Å². The number of aryl methyl sites for hydroxylation is 1. The summed E-state index contributed by atoms with van der Waals surface area (Å²) in [4.78, 5) is 0. The Labute approximate surface area is 94.4 Å². The van der Waals surface area contributed by atoms with Crippen LogP contribution in [0.3, 0.4) is 0 Å². The average Bonchev–Trinajstić information content (AvgIpc) is 2.87. The summed E-state index contributed by atoms with van der Waals surface area (Å²) in [6, 6.07) is 4.20. The molecule has 1 N–H and O–H groups in total. The van der Waals surface area contributed by atoms with Gasteiger partial charge in [0, 0.05) is 24.5 Å². The quantitative estimate of drug-likeness (QED) is 0.826. The molecule has 2 aromatic heterocycles. The van der Waals surface area contributed by atoms with Crippen molar-refractivity contribution in [3.05, 3.63) is 36.0 Å². The van der Waals surface area contributed by atoms with Crippen LogP contribution in [0, 0.1) is 6.92 Å². The first-order valence-electron chi connectivity index (χ1n) is 5.37. The highest BCUT2D eigenvalue weighted by Crippen LogP contribution is 2.02. The number of nitrogens with one attached hydrogen (secondary N) is 1. The van der Waals surface area contributed by atoms with E-state index < -0.39 is 0 Å². The Morgan fingerprint density at radius 2 is 2.44 bits per heavy atom. The smallest absolute Gasteiger partial charge is 0.150 e.